The van der Waals surface area contributed by atoms with E-state index < -0.39 is 11.6 Å². The van der Waals surface area contributed by atoms with Crippen molar-refractivity contribution in [2.24, 2.45) is 0 Å². The van der Waals surface area contributed by atoms with Crippen LogP contribution in [0.5, 0.6) is 0 Å². The fourth-order valence-electron chi connectivity index (χ4n) is 3.67. The van der Waals surface area contributed by atoms with Crippen LogP contribution in [0.2, 0.25) is 5.02 Å². The lowest BCUT2D eigenvalue weighted by Crippen LogP contribution is -2.43. The summed E-state index contributed by atoms with van der Waals surface area (Å²) in [7, 11) is 2.06. The maximum Gasteiger partial charge on any atom is 0.251 e. The Bertz CT molecular complexity index is 1080. The lowest BCUT2D eigenvalue weighted by molar-refractivity contribution is 0.0917. The van der Waals surface area contributed by atoms with Crippen LogP contribution in [0.4, 0.5) is 8.78 Å². The van der Waals surface area contributed by atoms with Crippen molar-refractivity contribution in [2.45, 2.75) is 18.9 Å². The molecule has 1 aliphatic heterocycles. The molecule has 1 aliphatic rings. The monoisotopic (exact) mass is 415 g/mol. The second-order valence-electron chi connectivity index (χ2n) is 7.39. The zero-order valence-corrected chi connectivity index (χ0v) is 16.6. The van der Waals surface area contributed by atoms with Gasteiger partial charge < -0.3 is 10.2 Å². The highest BCUT2D eigenvalue weighted by Gasteiger charge is 2.20. The van der Waals surface area contributed by atoms with Gasteiger partial charge in [-0.15, -0.1) is 0 Å². The van der Waals surface area contributed by atoms with E-state index in [4.69, 9.17) is 11.6 Å². The van der Waals surface area contributed by atoms with E-state index in [9.17, 15) is 13.6 Å². The van der Waals surface area contributed by atoms with Gasteiger partial charge in [0, 0.05) is 40.2 Å². The molecule has 1 N–H and O–H groups in total. The Morgan fingerprint density at radius 1 is 1.14 bits per heavy atom. The van der Waals surface area contributed by atoms with Crippen LogP contribution in [0.3, 0.4) is 0 Å². The smallest absolute Gasteiger partial charge is 0.251 e. The third-order valence-electron chi connectivity index (χ3n) is 5.34. The molecule has 4 nitrogen and oxygen atoms in total. The van der Waals surface area contributed by atoms with E-state index in [0.717, 1.165) is 32.0 Å². The first-order chi connectivity index (χ1) is 13.9. The zero-order chi connectivity index (χ0) is 20.5. The predicted octanol–water partition coefficient (Wildman–Crippen LogP) is 4.66. The first kappa shape index (κ1) is 19.7. The number of likely N-dealkylation sites (tertiary alicyclic amines) is 1. The molecule has 3 aromatic rings. The Labute approximate surface area is 172 Å². The summed E-state index contributed by atoms with van der Waals surface area (Å²) < 4.78 is 27.7. The zero-order valence-electron chi connectivity index (χ0n) is 15.9. The molecule has 0 atom stereocenters. The van der Waals surface area contributed by atoms with Crippen molar-refractivity contribution in [2.75, 3.05) is 20.1 Å². The summed E-state index contributed by atoms with van der Waals surface area (Å²) in [5, 5.41) is 4.66. The molecule has 2 aromatic carbocycles. The summed E-state index contributed by atoms with van der Waals surface area (Å²) in [6.07, 6.45) is 3.23. The normalized spacial score (nSPS) is 15.6. The first-order valence-electron chi connectivity index (χ1n) is 9.45. The van der Waals surface area contributed by atoms with Crippen molar-refractivity contribution in [3.8, 4) is 11.3 Å². The van der Waals surface area contributed by atoms with Crippen LogP contribution in [0, 0.1) is 11.6 Å². The molecule has 150 valence electrons. The molecular formula is C22H20ClF2N3O. The molecule has 0 bridgehead atoms. The van der Waals surface area contributed by atoms with Gasteiger partial charge in [0.15, 0.2) is 0 Å². The fourth-order valence-corrected chi connectivity index (χ4v) is 3.88. The van der Waals surface area contributed by atoms with Gasteiger partial charge in [-0.1, -0.05) is 17.7 Å². The number of benzene rings is 2. The van der Waals surface area contributed by atoms with Gasteiger partial charge in [0.1, 0.15) is 11.6 Å². The number of amides is 1. The number of halogens is 3. The Kier molecular flexibility index (Phi) is 5.48. The number of pyridine rings is 1. The quantitative estimate of drug-likeness (QED) is 0.676. The maximum absolute atomic E-state index is 14.4. The van der Waals surface area contributed by atoms with Gasteiger partial charge in [-0.05, 0) is 57.2 Å². The number of nitrogens with zero attached hydrogens (tertiary/aromatic N) is 2. The van der Waals surface area contributed by atoms with Crippen molar-refractivity contribution >= 4 is 28.3 Å². The van der Waals surface area contributed by atoms with E-state index in [1.165, 1.54) is 18.3 Å². The van der Waals surface area contributed by atoms with Crippen LogP contribution in [0.25, 0.3) is 22.0 Å². The second kappa shape index (κ2) is 8.05. The van der Waals surface area contributed by atoms with Gasteiger partial charge >= 0.3 is 0 Å². The number of fused-ring (bicyclic) bond motifs is 1. The third kappa shape index (κ3) is 4.09. The number of piperidine rings is 1. The Morgan fingerprint density at radius 3 is 2.62 bits per heavy atom. The summed E-state index contributed by atoms with van der Waals surface area (Å²) in [6, 6.07) is 8.55. The molecule has 0 spiro atoms. The summed E-state index contributed by atoms with van der Waals surface area (Å²) in [6.45, 7) is 1.88. The molecular weight excluding hydrogens is 396 g/mol. The average molecular weight is 416 g/mol. The molecule has 0 radical (unpaired) electrons. The topological polar surface area (TPSA) is 45.2 Å². The van der Waals surface area contributed by atoms with Crippen molar-refractivity contribution in [3.05, 3.63) is 64.8 Å². The molecule has 1 saturated heterocycles. The lowest BCUT2D eigenvalue weighted by Gasteiger charge is -2.29. The van der Waals surface area contributed by atoms with Crippen LogP contribution in [0.1, 0.15) is 23.2 Å². The molecule has 0 unspecified atom stereocenters. The molecule has 4 rings (SSSR count). The largest absolute Gasteiger partial charge is 0.349 e. The van der Waals surface area contributed by atoms with Gasteiger partial charge in [0.25, 0.3) is 5.91 Å². The third-order valence-corrected chi connectivity index (χ3v) is 5.64. The highest BCUT2D eigenvalue weighted by Crippen LogP contribution is 2.33. The van der Waals surface area contributed by atoms with E-state index in [0.29, 0.717) is 27.1 Å². The molecule has 1 amide bonds. The number of rotatable bonds is 3. The van der Waals surface area contributed by atoms with E-state index in [1.54, 1.807) is 18.2 Å². The fraction of sp³-hybridized carbons (Fsp3) is 0.273. The van der Waals surface area contributed by atoms with Crippen molar-refractivity contribution in [3.63, 3.8) is 0 Å². The van der Waals surface area contributed by atoms with Crippen LogP contribution in [-0.4, -0.2) is 42.0 Å². The predicted molar refractivity (Wildman–Crippen MR) is 110 cm³/mol. The molecule has 1 fully saturated rings. The minimum absolute atomic E-state index is 0.126. The first-order valence-corrected chi connectivity index (χ1v) is 9.83. The van der Waals surface area contributed by atoms with Crippen molar-refractivity contribution < 1.29 is 13.6 Å². The second-order valence-corrected chi connectivity index (χ2v) is 7.80. The van der Waals surface area contributed by atoms with Gasteiger partial charge in [0.05, 0.1) is 10.7 Å². The highest BCUT2D eigenvalue weighted by molar-refractivity contribution is 6.35. The lowest BCUT2D eigenvalue weighted by atomic mass is 10.00. The van der Waals surface area contributed by atoms with E-state index in [-0.39, 0.29) is 17.5 Å². The minimum atomic E-state index is -0.720. The number of hydrogen-bond acceptors (Lipinski definition) is 3. The Morgan fingerprint density at radius 2 is 1.90 bits per heavy atom. The van der Waals surface area contributed by atoms with E-state index in [1.807, 2.05) is 0 Å². The Hall–Kier alpha value is -2.57. The average Bonchev–Trinajstić information content (AvgIpc) is 2.70. The number of carbonyl (C=O) groups is 1. The maximum atomic E-state index is 14.4. The highest BCUT2D eigenvalue weighted by atomic mass is 35.5. The Balaban J connectivity index is 1.71. The SMILES string of the molecule is CN1CCC(NC(=O)c2ccc3c(Cl)cnc(-c4ccc(F)cc4F)c3c2)CC1. The molecule has 29 heavy (non-hydrogen) atoms. The molecule has 0 saturated carbocycles. The summed E-state index contributed by atoms with van der Waals surface area (Å²) in [5.74, 6) is -1.57. The molecule has 2 heterocycles. The molecule has 0 aliphatic carbocycles. The van der Waals surface area contributed by atoms with Crippen LogP contribution < -0.4 is 5.32 Å². The number of carbonyl (C=O) groups excluding carboxylic acids is 1. The molecule has 1 aromatic heterocycles. The molecule has 7 heteroatoms. The van der Waals surface area contributed by atoms with Crippen molar-refractivity contribution in [1.82, 2.24) is 15.2 Å². The van der Waals surface area contributed by atoms with Gasteiger partial charge in [-0.2, -0.15) is 0 Å². The van der Waals surface area contributed by atoms with Crippen LogP contribution in [-0.2, 0) is 0 Å². The number of hydrogen-bond donors (Lipinski definition) is 1. The van der Waals surface area contributed by atoms with Crippen LogP contribution in [0.15, 0.2) is 42.6 Å². The van der Waals surface area contributed by atoms with E-state index >= 15 is 0 Å². The number of nitrogens with one attached hydrogen (secondary N) is 1. The van der Waals surface area contributed by atoms with Crippen LogP contribution >= 0.6 is 11.6 Å². The van der Waals surface area contributed by atoms with Crippen molar-refractivity contribution in [1.29, 1.82) is 0 Å². The van der Waals surface area contributed by atoms with Gasteiger partial charge in [-0.25, -0.2) is 8.78 Å². The standard InChI is InChI=1S/C22H20ClF2N3O/c1-28-8-6-15(7-9-28)27-22(29)13-2-4-16-18(10-13)21(26-12-19(16)23)17-5-3-14(24)11-20(17)25/h2-5,10-12,15H,6-9H2,1H3,(H,27,29). The van der Waals surface area contributed by atoms with Gasteiger partial charge in [0.2, 0.25) is 0 Å². The number of aromatic nitrogens is 1. The summed E-state index contributed by atoms with van der Waals surface area (Å²) in [4.78, 5) is 19.3. The van der Waals surface area contributed by atoms with Gasteiger partial charge in [-0.3, -0.25) is 9.78 Å². The summed E-state index contributed by atoms with van der Waals surface area (Å²) in [5.41, 5.74) is 0.918. The van der Waals surface area contributed by atoms with E-state index in [2.05, 4.69) is 22.2 Å². The summed E-state index contributed by atoms with van der Waals surface area (Å²) >= 11 is 6.26. The minimum Gasteiger partial charge on any atom is -0.349 e.